The Bertz CT molecular complexity index is 5290. The molecular formula is C86H110N26O15S2. The summed E-state index contributed by atoms with van der Waals surface area (Å²) >= 11 is 0. The van der Waals surface area contributed by atoms with E-state index in [0.717, 1.165) is 33.4 Å². The maximum Gasteiger partial charge on any atom is 0.246 e. The number of rotatable bonds is 21. The fourth-order valence-corrected chi connectivity index (χ4v) is 17.7. The van der Waals surface area contributed by atoms with E-state index in [2.05, 4.69) is 104 Å². The zero-order valence-electron chi connectivity index (χ0n) is 71.5. The zero-order chi connectivity index (χ0) is 92.4. The lowest BCUT2D eigenvalue weighted by Gasteiger charge is -2.34. The first-order chi connectivity index (χ1) is 61.9. The number of nitrogens with zero attached hydrogens (tertiary/aromatic N) is 4. The lowest BCUT2D eigenvalue weighted by molar-refractivity contribution is -0.145. The van der Waals surface area contributed by atoms with Gasteiger partial charge in [0, 0.05) is 123 Å². The first-order valence-corrected chi connectivity index (χ1v) is 44.9. The Morgan fingerprint density at radius 3 is 1.38 bits per heavy atom. The van der Waals surface area contributed by atoms with Crippen LogP contribution in [0.2, 0.25) is 0 Å². The SMILES string of the molecule is C[C@@H]1NC(=O)[C@H](Cc2c[nH]c3ccccc23)NC(=O)[C@H](CCCNC(=N)N)NC(=O)[C@@H](Cc2ccccc2)NC(=O)[C@H](Cc2c[nH]cn2)NC(=O)[C@@H]2CSSC[C@H](NC1=O)C(=O)N[C@@H]([C@@H](C)O)C(=O)N[C@@H](Cc1c[nH]cn1)C(=O)N[C@H](Cc1ccccc1)C(=O)N(C)[C@@H](CCCNC(=N)N)C(=O)N[C@@H](Cc1c[nH]c3ccccc13)C(=O)N1CCC[C@H]1C(=O)N[C@@H](C)C(=O)N2. The molecule has 2 bridgehead atoms. The number of H-pyrrole nitrogens is 4. The van der Waals surface area contributed by atoms with E-state index in [-0.39, 0.29) is 102 Å². The smallest absolute Gasteiger partial charge is 0.246 e. The Balaban J connectivity index is 1.00. The molecule has 7 heterocycles. The largest absolute Gasteiger partial charge is 0.391 e. The molecule has 25 N–H and O–H groups in total. The summed E-state index contributed by atoms with van der Waals surface area (Å²) in [5.41, 5.74) is 15.3. The van der Waals surface area contributed by atoms with Crippen molar-refractivity contribution in [2.24, 2.45) is 11.5 Å². The molecule has 41 nitrogen and oxygen atoms in total. The highest BCUT2D eigenvalue weighted by Gasteiger charge is 2.44. The highest BCUT2D eigenvalue weighted by Crippen LogP contribution is 2.28. The second kappa shape index (κ2) is 46.1. The van der Waals surface area contributed by atoms with Crippen LogP contribution in [-0.4, -0.2) is 268 Å². The number of hydrogen-bond donors (Lipinski definition) is 23. The molecule has 0 unspecified atom stereocenters. The van der Waals surface area contributed by atoms with Gasteiger partial charge in [0.2, 0.25) is 82.7 Å². The van der Waals surface area contributed by atoms with Gasteiger partial charge in [-0.05, 0) is 93.7 Å². The summed E-state index contributed by atoms with van der Waals surface area (Å²) in [7, 11) is 3.01. The van der Waals surface area contributed by atoms with E-state index >= 15 is 62.3 Å². The molecule has 0 radical (unpaired) electrons. The van der Waals surface area contributed by atoms with Gasteiger partial charge in [-0.1, -0.05) is 119 Å². The number of imidazole rings is 2. The van der Waals surface area contributed by atoms with Crippen molar-refractivity contribution < 1.29 is 72.2 Å². The predicted octanol–water partition coefficient (Wildman–Crippen LogP) is -2.16. The number of guanidine groups is 2. The van der Waals surface area contributed by atoms with Gasteiger partial charge < -0.3 is 121 Å². The number of amides is 14. The van der Waals surface area contributed by atoms with Crippen LogP contribution in [0.15, 0.2) is 147 Å². The number of aromatic nitrogens is 6. The molecule has 3 saturated heterocycles. The minimum absolute atomic E-state index is 0.0195. The number of hydrogen-bond acceptors (Lipinski definition) is 21. The molecule has 129 heavy (non-hydrogen) atoms. The molecule has 3 fully saturated rings. The van der Waals surface area contributed by atoms with Crippen LogP contribution in [0.5, 0.6) is 0 Å². The summed E-state index contributed by atoms with van der Waals surface area (Å²) in [4.78, 5) is 237. The number of aromatic amines is 4. The molecule has 0 spiro atoms. The van der Waals surface area contributed by atoms with Crippen LogP contribution in [-0.2, 0) is 106 Å². The number of nitrogens with one attached hydrogen (secondary N) is 20. The fourth-order valence-electron chi connectivity index (χ4n) is 15.4. The average Bonchev–Trinajstić information content (AvgIpc) is 1.68. The van der Waals surface area contributed by atoms with Crippen molar-refractivity contribution in [2.75, 3.05) is 38.2 Å². The maximum atomic E-state index is 15.7. The quantitative estimate of drug-likeness (QED) is 0.0158. The fraction of sp³-hybridized carbons (Fsp3) is 0.419. The first kappa shape index (κ1) is 95.8. The number of para-hydroxylation sites is 2. The minimum atomic E-state index is -1.99. The third kappa shape index (κ3) is 26.9. The molecule has 3 aliphatic heterocycles. The molecule has 15 atom stereocenters. The lowest BCUT2D eigenvalue weighted by atomic mass is 10.00. The van der Waals surface area contributed by atoms with Gasteiger partial charge in [-0.25, -0.2) is 9.97 Å². The van der Waals surface area contributed by atoms with Crippen molar-refractivity contribution in [3.05, 3.63) is 180 Å². The molecule has 43 heteroatoms. The van der Waals surface area contributed by atoms with Gasteiger partial charge in [0.1, 0.15) is 84.6 Å². The van der Waals surface area contributed by atoms with Gasteiger partial charge in [0.15, 0.2) is 11.9 Å². The Kier molecular flexibility index (Phi) is 34.2. The van der Waals surface area contributed by atoms with Crippen LogP contribution in [0.4, 0.5) is 0 Å². The number of benzene rings is 4. The van der Waals surface area contributed by atoms with Crippen LogP contribution >= 0.6 is 21.6 Å². The molecule has 0 saturated carbocycles. The second-order valence-electron chi connectivity index (χ2n) is 32.0. The molecule has 8 aromatic rings. The van der Waals surface area contributed by atoms with Crippen molar-refractivity contribution >= 4 is 138 Å². The summed E-state index contributed by atoms with van der Waals surface area (Å²) in [6.45, 7) is 3.77. The van der Waals surface area contributed by atoms with Gasteiger partial charge in [-0.2, -0.15) is 0 Å². The van der Waals surface area contributed by atoms with E-state index < -0.39 is 203 Å². The first-order valence-electron chi connectivity index (χ1n) is 42.4. The Morgan fingerprint density at radius 2 is 0.868 bits per heavy atom. The highest BCUT2D eigenvalue weighted by molar-refractivity contribution is 8.76. The summed E-state index contributed by atoms with van der Waals surface area (Å²) in [5.74, 6) is -15.1. The van der Waals surface area contributed by atoms with Crippen molar-refractivity contribution in [3.8, 4) is 0 Å². The van der Waals surface area contributed by atoms with Gasteiger partial charge in [0.05, 0.1) is 30.1 Å². The normalized spacial score (nSPS) is 24.6. The average molecular weight is 1810 g/mol. The molecule has 14 amide bonds. The molecule has 4 aromatic carbocycles. The Labute approximate surface area is 749 Å². The van der Waals surface area contributed by atoms with Crippen molar-refractivity contribution in [3.63, 3.8) is 0 Å². The summed E-state index contributed by atoms with van der Waals surface area (Å²) in [6, 6.07) is 9.02. The summed E-state index contributed by atoms with van der Waals surface area (Å²) in [5, 5.41) is 66.7. The molecular weight excluding hydrogens is 1700 g/mol. The number of carbonyl (C=O) groups excluding carboxylic acids is 14. The molecule has 0 aliphatic carbocycles. The molecule has 3 aliphatic rings. The monoisotopic (exact) mass is 1810 g/mol. The van der Waals surface area contributed by atoms with E-state index in [1.54, 1.807) is 109 Å². The number of nitrogens with two attached hydrogens (primary N) is 2. The number of aliphatic hydroxyl groups excluding tert-OH is 1. The van der Waals surface area contributed by atoms with E-state index in [0.29, 0.717) is 44.1 Å². The summed E-state index contributed by atoms with van der Waals surface area (Å²) in [6.07, 6.45) is 5.55. The highest BCUT2D eigenvalue weighted by atomic mass is 33.1. The standard InChI is InChI=1S/C86H110N26O15S2/c1-46-71(114)109-67-43-129-128-42-66(78(121)104-62(36-53-40-91-44-97-53)76(119)102-60(32-49-18-7-5-8-19-49)75(118)101-59(26-15-29-93-85(87)88)73(116)103-61(74(117)99-46)34-51-38-95-57-24-13-11-22-55(51)57)108-72(115)47(2)100-81(124)69-28-17-31-112(69)84(127)65(35-52-39-96-58-25-14-12-23-56(52)58)107-80(123)68(27-16-30-94-86(89)90)111(4)83(126)64(33-50-20-9-6-10-21-50)106-77(120)63(37-54-41-92-45-98-54)105-82(125)70(48(3)113)110-79(67)122/h5-14,18-25,38-41,44-48,59-70,95-96,113H,15-17,26-37,42-43H2,1-4H3,(H,91,97)(H,92,98)(H,99,117)(H,100,124)(H,101,118)(H,102,119)(H,103,116)(H,104,121)(H,105,125)(H,106,120)(H,107,123)(H,108,115)(H,109,114)(H,110,122)(H4,87,88,93)(H4,89,90,94)/t46-,47-,48+,59-,60+,61-,62-,63-,64+,65-,66-,67-,68-,69-,70-/m0/s1. The molecule has 11 rings (SSSR count). The van der Waals surface area contributed by atoms with Gasteiger partial charge in [0.25, 0.3) is 0 Å². The van der Waals surface area contributed by atoms with Crippen molar-refractivity contribution in [2.45, 2.75) is 189 Å². The van der Waals surface area contributed by atoms with Crippen LogP contribution in [0.25, 0.3) is 21.8 Å². The number of carbonyl (C=O) groups is 14. The lowest BCUT2D eigenvalue weighted by Crippen LogP contribution is -2.63. The second-order valence-corrected chi connectivity index (χ2v) is 34.5. The Hall–Kier alpha value is -13.8. The van der Waals surface area contributed by atoms with Gasteiger partial charge in [-0.15, -0.1) is 0 Å². The van der Waals surface area contributed by atoms with E-state index in [4.69, 9.17) is 22.3 Å². The number of fused-ring (bicyclic) bond motifs is 8. The van der Waals surface area contributed by atoms with E-state index in [9.17, 15) is 9.90 Å². The van der Waals surface area contributed by atoms with Gasteiger partial charge in [-0.3, -0.25) is 77.9 Å². The number of aliphatic hydroxyl groups is 1. The third-order valence-corrected chi connectivity index (χ3v) is 24.8. The van der Waals surface area contributed by atoms with E-state index in [1.165, 1.54) is 50.8 Å². The zero-order valence-corrected chi connectivity index (χ0v) is 73.1. The molecule has 4 aromatic heterocycles. The predicted molar refractivity (Wildman–Crippen MR) is 480 cm³/mol. The summed E-state index contributed by atoms with van der Waals surface area (Å²) < 4.78 is 0. The van der Waals surface area contributed by atoms with Crippen molar-refractivity contribution in [1.29, 1.82) is 10.8 Å². The van der Waals surface area contributed by atoms with Crippen LogP contribution in [0.1, 0.15) is 92.9 Å². The van der Waals surface area contributed by atoms with Crippen LogP contribution in [0.3, 0.4) is 0 Å². The van der Waals surface area contributed by atoms with Gasteiger partial charge >= 0.3 is 0 Å². The Morgan fingerprint density at radius 1 is 0.457 bits per heavy atom. The topological polar surface area (TPSA) is 623 Å². The van der Waals surface area contributed by atoms with E-state index in [1.807, 2.05) is 12.1 Å². The van der Waals surface area contributed by atoms with Crippen LogP contribution in [0, 0.1) is 10.8 Å². The molecule has 686 valence electrons. The minimum Gasteiger partial charge on any atom is -0.391 e. The van der Waals surface area contributed by atoms with Crippen LogP contribution < -0.4 is 85.9 Å². The third-order valence-electron chi connectivity index (χ3n) is 22.4. The maximum absolute atomic E-state index is 15.7. The van der Waals surface area contributed by atoms with Crippen molar-refractivity contribution in [1.82, 2.24) is 114 Å². The number of likely N-dealkylation sites (N-methyl/N-ethyl adjacent to an activating group) is 1.